The number of alkyl halides is 1. The molecule has 0 aliphatic heterocycles. The van der Waals surface area contributed by atoms with E-state index < -0.39 is 11.1 Å². The van der Waals surface area contributed by atoms with Crippen molar-refractivity contribution in [3.8, 4) is 0 Å². The van der Waals surface area contributed by atoms with Crippen LogP contribution in [0.2, 0.25) is 10.0 Å². The van der Waals surface area contributed by atoms with Crippen LogP contribution in [0, 0.1) is 5.41 Å². The van der Waals surface area contributed by atoms with Crippen LogP contribution in [-0.2, 0) is 5.67 Å². The molecule has 0 aliphatic rings. The fraction of sp³-hybridized carbons (Fsp3) is 0.500. The first-order chi connectivity index (χ1) is 7.22. The van der Waals surface area contributed by atoms with Gasteiger partial charge in [-0.05, 0) is 17.7 Å². The van der Waals surface area contributed by atoms with E-state index in [1.165, 1.54) is 0 Å². The van der Waals surface area contributed by atoms with Gasteiger partial charge in [0.15, 0.2) is 5.67 Å². The third kappa shape index (κ3) is 2.34. The molecule has 1 atom stereocenters. The largest absolute Gasteiger partial charge is 0.327 e. The Morgan fingerprint density at radius 2 is 1.75 bits per heavy atom. The van der Waals surface area contributed by atoms with Gasteiger partial charge in [0.1, 0.15) is 0 Å². The highest BCUT2D eigenvalue weighted by atomic mass is 35.5. The summed E-state index contributed by atoms with van der Waals surface area (Å²) in [6.45, 7) is 5.33. The van der Waals surface area contributed by atoms with Crippen molar-refractivity contribution >= 4 is 23.2 Å². The van der Waals surface area contributed by atoms with Gasteiger partial charge in [-0.25, -0.2) is 4.39 Å². The van der Waals surface area contributed by atoms with Crippen molar-refractivity contribution in [3.05, 3.63) is 33.8 Å². The lowest BCUT2D eigenvalue weighted by Crippen LogP contribution is -2.42. The Hall–Kier alpha value is -0.310. The first kappa shape index (κ1) is 13.8. The zero-order valence-electron chi connectivity index (χ0n) is 9.65. The SMILES string of the molecule is CC(C)(C)C(F)(CN)c1ccc(Cl)c(Cl)c1. The van der Waals surface area contributed by atoms with Gasteiger partial charge in [-0.2, -0.15) is 0 Å². The average Bonchev–Trinajstić information content (AvgIpc) is 2.19. The summed E-state index contributed by atoms with van der Waals surface area (Å²) < 4.78 is 14.8. The summed E-state index contributed by atoms with van der Waals surface area (Å²) >= 11 is 11.7. The minimum absolute atomic E-state index is 0.0888. The molecule has 1 rings (SSSR count). The molecule has 1 aromatic carbocycles. The minimum Gasteiger partial charge on any atom is -0.327 e. The van der Waals surface area contributed by atoms with Gasteiger partial charge in [-0.15, -0.1) is 0 Å². The van der Waals surface area contributed by atoms with E-state index in [0.29, 0.717) is 15.6 Å². The molecule has 1 aromatic rings. The molecule has 0 aromatic heterocycles. The summed E-state index contributed by atoms with van der Waals surface area (Å²) in [7, 11) is 0. The molecule has 2 N–H and O–H groups in total. The maximum Gasteiger partial charge on any atom is 0.152 e. The van der Waals surface area contributed by atoms with Gasteiger partial charge >= 0.3 is 0 Å². The topological polar surface area (TPSA) is 26.0 Å². The molecule has 90 valence electrons. The Bertz CT molecular complexity index is 387. The first-order valence-electron chi connectivity index (χ1n) is 5.07. The molecule has 16 heavy (non-hydrogen) atoms. The maximum atomic E-state index is 14.8. The van der Waals surface area contributed by atoms with Gasteiger partial charge in [0.05, 0.1) is 10.0 Å². The predicted octanol–water partition coefficient (Wildman–Crippen LogP) is 4.16. The molecule has 4 heteroatoms. The highest BCUT2D eigenvalue weighted by Crippen LogP contribution is 2.43. The van der Waals surface area contributed by atoms with Gasteiger partial charge in [-0.1, -0.05) is 50.0 Å². The van der Waals surface area contributed by atoms with E-state index in [1.807, 2.05) is 20.8 Å². The Labute approximate surface area is 106 Å². The lowest BCUT2D eigenvalue weighted by atomic mass is 9.74. The third-order valence-electron chi connectivity index (χ3n) is 2.85. The van der Waals surface area contributed by atoms with Gasteiger partial charge in [0.25, 0.3) is 0 Å². The molecule has 1 unspecified atom stereocenters. The fourth-order valence-electron chi connectivity index (χ4n) is 1.60. The molecule has 0 aliphatic carbocycles. The summed E-state index contributed by atoms with van der Waals surface area (Å²) in [6, 6.07) is 4.77. The predicted molar refractivity (Wildman–Crippen MR) is 67.8 cm³/mol. The van der Waals surface area contributed by atoms with E-state index in [4.69, 9.17) is 28.9 Å². The number of nitrogens with two attached hydrogens (primary N) is 1. The van der Waals surface area contributed by atoms with Crippen LogP contribution in [0.25, 0.3) is 0 Å². The van der Waals surface area contributed by atoms with E-state index >= 15 is 0 Å². The Morgan fingerprint density at radius 3 is 2.12 bits per heavy atom. The van der Waals surface area contributed by atoms with Gasteiger partial charge < -0.3 is 5.73 Å². The van der Waals surface area contributed by atoms with Crippen LogP contribution in [-0.4, -0.2) is 6.54 Å². The molecule has 0 heterocycles. The van der Waals surface area contributed by atoms with Crippen molar-refractivity contribution in [1.82, 2.24) is 0 Å². The zero-order chi connectivity index (χ0) is 12.6. The van der Waals surface area contributed by atoms with Crippen molar-refractivity contribution in [1.29, 1.82) is 0 Å². The van der Waals surface area contributed by atoms with E-state index in [-0.39, 0.29) is 6.54 Å². The highest BCUT2D eigenvalue weighted by molar-refractivity contribution is 6.42. The summed E-state index contributed by atoms with van der Waals surface area (Å²) in [6.07, 6.45) is 0. The molecule has 1 nitrogen and oxygen atoms in total. The monoisotopic (exact) mass is 263 g/mol. The second kappa shape index (κ2) is 4.52. The second-order valence-electron chi connectivity index (χ2n) is 4.88. The van der Waals surface area contributed by atoms with Crippen LogP contribution in [0.15, 0.2) is 18.2 Å². The van der Waals surface area contributed by atoms with E-state index in [1.54, 1.807) is 18.2 Å². The van der Waals surface area contributed by atoms with Crippen molar-refractivity contribution in [2.75, 3.05) is 6.54 Å². The Kier molecular flexibility index (Phi) is 3.88. The molecule has 0 bridgehead atoms. The van der Waals surface area contributed by atoms with Crippen molar-refractivity contribution in [2.24, 2.45) is 11.1 Å². The second-order valence-corrected chi connectivity index (χ2v) is 5.70. The number of benzene rings is 1. The summed E-state index contributed by atoms with van der Waals surface area (Å²) in [5, 5.41) is 0.762. The molecule has 0 fully saturated rings. The number of halogens is 3. The summed E-state index contributed by atoms with van der Waals surface area (Å²) in [5.41, 5.74) is 3.82. The zero-order valence-corrected chi connectivity index (χ0v) is 11.2. The van der Waals surface area contributed by atoms with E-state index in [9.17, 15) is 4.39 Å². The Morgan fingerprint density at radius 1 is 1.19 bits per heavy atom. The molecule has 0 saturated carbocycles. The number of hydrogen-bond donors (Lipinski definition) is 1. The smallest absolute Gasteiger partial charge is 0.152 e. The van der Waals surface area contributed by atoms with Crippen LogP contribution in [0.3, 0.4) is 0 Å². The third-order valence-corrected chi connectivity index (χ3v) is 3.59. The molecule has 0 radical (unpaired) electrons. The highest BCUT2D eigenvalue weighted by Gasteiger charge is 2.43. The fourth-order valence-corrected chi connectivity index (χ4v) is 1.90. The molecule has 0 spiro atoms. The standard InChI is InChI=1S/C12H16Cl2FN/c1-11(2,3)12(15,7-16)8-4-5-9(13)10(14)6-8/h4-6H,7,16H2,1-3H3. The van der Waals surface area contributed by atoms with E-state index in [2.05, 4.69) is 0 Å². The maximum absolute atomic E-state index is 14.8. The van der Waals surface area contributed by atoms with E-state index in [0.717, 1.165) is 0 Å². The van der Waals surface area contributed by atoms with Crippen LogP contribution in [0.5, 0.6) is 0 Å². The molecule has 0 saturated heterocycles. The molecular weight excluding hydrogens is 248 g/mol. The Balaban J connectivity index is 3.29. The first-order valence-corrected chi connectivity index (χ1v) is 5.82. The quantitative estimate of drug-likeness (QED) is 0.852. The van der Waals surface area contributed by atoms with Crippen LogP contribution in [0.4, 0.5) is 4.39 Å². The summed E-state index contributed by atoms with van der Waals surface area (Å²) in [4.78, 5) is 0. The number of hydrogen-bond acceptors (Lipinski definition) is 1. The molecule has 0 amide bonds. The van der Waals surface area contributed by atoms with Gasteiger partial charge in [-0.3, -0.25) is 0 Å². The van der Waals surface area contributed by atoms with Crippen LogP contribution < -0.4 is 5.73 Å². The lowest BCUT2D eigenvalue weighted by Gasteiger charge is -2.37. The van der Waals surface area contributed by atoms with Gasteiger partial charge in [0, 0.05) is 12.0 Å². The van der Waals surface area contributed by atoms with Crippen LogP contribution >= 0.6 is 23.2 Å². The van der Waals surface area contributed by atoms with Crippen molar-refractivity contribution in [2.45, 2.75) is 26.4 Å². The lowest BCUT2D eigenvalue weighted by molar-refractivity contribution is 0.0343. The van der Waals surface area contributed by atoms with Crippen molar-refractivity contribution in [3.63, 3.8) is 0 Å². The van der Waals surface area contributed by atoms with Crippen molar-refractivity contribution < 1.29 is 4.39 Å². The average molecular weight is 264 g/mol. The molecular formula is C12H16Cl2FN. The summed E-state index contributed by atoms with van der Waals surface area (Å²) in [5.74, 6) is 0. The number of rotatable bonds is 2. The van der Waals surface area contributed by atoms with Gasteiger partial charge in [0.2, 0.25) is 0 Å². The normalized spacial score (nSPS) is 15.9. The minimum atomic E-state index is -1.61. The van der Waals surface area contributed by atoms with Crippen LogP contribution in [0.1, 0.15) is 26.3 Å².